The van der Waals surface area contributed by atoms with Crippen LogP contribution in [-0.4, -0.2) is 41.7 Å². The molecule has 2 unspecified atom stereocenters. The number of rotatable bonds is 8. The first-order valence-corrected chi connectivity index (χ1v) is 8.63. The molecule has 0 aromatic heterocycles. The van der Waals surface area contributed by atoms with Crippen LogP contribution in [0, 0.1) is 5.92 Å². The summed E-state index contributed by atoms with van der Waals surface area (Å²) < 4.78 is 5.64. The second-order valence-electron chi connectivity index (χ2n) is 6.18. The van der Waals surface area contributed by atoms with Gasteiger partial charge in [0, 0.05) is 24.2 Å². The molecule has 1 aliphatic heterocycles. The maximum Gasteiger partial charge on any atom is 0.238 e. The third-order valence-electron chi connectivity index (χ3n) is 4.41. The van der Waals surface area contributed by atoms with Crippen molar-refractivity contribution in [2.75, 3.05) is 18.1 Å². The van der Waals surface area contributed by atoms with Gasteiger partial charge in [-0.25, -0.2) is 0 Å². The minimum Gasteiger partial charge on any atom is -0.377 e. The summed E-state index contributed by atoms with van der Waals surface area (Å²) in [6.45, 7) is 0.898. The molecule has 3 rings (SSSR count). The number of nitrogens with two attached hydrogens (primary N) is 1. The Kier molecular flexibility index (Phi) is 4.06. The number of hydrogen-bond donors (Lipinski definition) is 2. The fraction of sp³-hybridized carbons (Fsp3) is 0.929. The number of amides is 1. The first-order valence-electron chi connectivity index (χ1n) is 7.47. The second-order valence-corrected chi connectivity index (χ2v) is 7.21. The Balaban J connectivity index is 1.55. The molecule has 0 spiro atoms. The van der Waals surface area contributed by atoms with E-state index < -0.39 is 5.54 Å². The van der Waals surface area contributed by atoms with Crippen LogP contribution in [-0.2, 0) is 9.53 Å². The average molecular weight is 284 g/mol. The molecule has 3 aliphatic rings. The van der Waals surface area contributed by atoms with Gasteiger partial charge in [-0.1, -0.05) is 0 Å². The third kappa shape index (κ3) is 3.26. The Morgan fingerprint density at radius 1 is 1.32 bits per heavy atom. The molecule has 4 nitrogen and oxygen atoms in total. The molecule has 3 N–H and O–H groups in total. The van der Waals surface area contributed by atoms with Crippen molar-refractivity contribution in [2.45, 2.75) is 56.2 Å². The monoisotopic (exact) mass is 284 g/mol. The number of nitrogens with one attached hydrogen (secondary N) is 1. The predicted molar refractivity (Wildman–Crippen MR) is 77.1 cm³/mol. The molecule has 5 heteroatoms. The van der Waals surface area contributed by atoms with Crippen molar-refractivity contribution in [3.8, 4) is 0 Å². The van der Waals surface area contributed by atoms with Gasteiger partial charge in [0.05, 0.1) is 6.10 Å². The fourth-order valence-electron chi connectivity index (χ4n) is 2.92. The van der Waals surface area contributed by atoms with E-state index >= 15 is 0 Å². The third-order valence-corrected chi connectivity index (χ3v) is 5.68. The summed E-state index contributed by atoms with van der Waals surface area (Å²) in [4.78, 5) is 12.0. The molecule has 108 valence electrons. The number of thioether (sulfide) groups is 1. The van der Waals surface area contributed by atoms with Crippen LogP contribution in [0.25, 0.3) is 0 Å². The highest BCUT2D eigenvalue weighted by molar-refractivity contribution is 7.99. The zero-order valence-corrected chi connectivity index (χ0v) is 12.2. The molecule has 2 aliphatic carbocycles. The number of carbonyl (C=O) groups is 1. The van der Waals surface area contributed by atoms with Crippen molar-refractivity contribution in [1.29, 1.82) is 0 Å². The van der Waals surface area contributed by atoms with Gasteiger partial charge in [0.25, 0.3) is 0 Å². The van der Waals surface area contributed by atoms with Crippen LogP contribution in [0.15, 0.2) is 0 Å². The van der Waals surface area contributed by atoms with E-state index in [9.17, 15) is 4.79 Å². The normalized spacial score (nSPS) is 30.2. The summed E-state index contributed by atoms with van der Waals surface area (Å²) in [5.74, 6) is 2.11. The van der Waals surface area contributed by atoms with Crippen LogP contribution in [0.2, 0.25) is 0 Å². The van der Waals surface area contributed by atoms with E-state index in [-0.39, 0.29) is 5.91 Å². The Morgan fingerprint density at radius 2 is 2.11 bits per heavy atom. The van der Waals surface area contributed by atoms with Gasteiger partial charge < -0.3 is 10.5 Å². The molecule has 0 aromatic rings. The molecule has 0 aromatic carbocycles. The standard InChI is InChI=1S/C14H24N2O2S/c15-13(17)14(10-3-4-10,16-11-5-6-11)9-19-8-12-2-1-7-18-12/h10-12,16H,1-9H2,(H2,15,17). The Hall–Kier alpha value is -0.260. The Morgan fingerprint density at radius 3 is 2.63 bits per heavy atom. The van der Waals surface area contributed by atoms with Crippen LogP contribution in [0.3, 0.4) is 0 Å². The van der Waals surface area contributed by atoms with Crippen LogP contribution in [0.1, 0.15) is 38.5 Å². The topological polar surface area (TPSA) is 64.4 Å². The van der Waals surface area contributed by atoms with Crippen molar-refractivity contribution in [1.82, 2.24) is 5.32 Å². The van der Waals surface area contributed by atoms with Crippen LogP contribution < -0.4 is 11.1 Å². The quantitative estimate of drug-likeness (QED) is 0.705. The first kappa shape index (κ1) is 13.7. The Bertz CT molecular complexity index is 338. The zero-order chi connectivity index (χ0) is 13.3. The lowest BCUT2D eigenvalue weighted by molar-refractivity contribution is -0.124. The van der Waals surface area contributed by atoms with Gasteiger partial charge in [-0.3, -0.25) is 10.1 Å². The van der Waals surface area contributed by atoms with Crippen LogP contribution in [0.4, 0.5) is 0 Å². The van der Waals surface area contributed by atoms with E-state index in [0.717, 1.165) is 37.4 Å². The maximum atomic E-state index is 12.0. The van der Waals surface area contributed by atoms with E-state index in [1.807, 2.05) is 11.8 Å². The van der Waals surface area contributed by atoms with Gasteiger partial charge >= 0.3 is 0 Å². The van der Waals surface area contributed by atoms with Gasteiger partial charge in [0.1, 0.15) is 5.54 Å². The summed E-state index contributed by atoms with van der Waals surface area (Å²) in [5.41, 5.74) is 5.28. The lowest BCUT2D eigenvalue weighted by Crippen LogP contribution is -2.60. The second kappa shape index (κ2) is 5.62. The number of carbonyl (C=O) groups excluding carboxylic acids is 1. The summed E-state index contributed by atoms with van der Waals surface area (Å²) >= 11 is 1.84. The molecule has 3 fully saturated rings. The lowest BCUT2D eigenvalue weighted by atomic mass is 9.94. The van der Waals surface area contributed by atoms with Gasteiger partial charge in [-0.05, 0) is 44.4 Å². The summed E-state index contributed by atoms with van der Waals surface area (Å²) in [6, 6.07) is 0.524. The molecule has 2 atom stereocenters. The van der Waals surface area contributed by atoms with Crippen LogP contribution >= 0.6 is 11.8 Å². The summed E-state index contributed by atoms with van der Waals surface area (Å²) in [5, 5.41) is 3.56. The van der Waals surface area contributed by atoms with Gasteiger partial charge in [-0.2, -0.15) is 11.8 Å². The largest absolute Gasteiger partial charge is 0.377 e. The summed E-state index contributed by atoms with van der Waals surface area (Å²) in [7, 11) is 0. The molecule has 19 heavy (non-hydrogen) atoms. The highest BCUT2D eigenvalue weighted by atomic mass is 32.2. The van der Waals surface area contributed by atoms with Crippen molar-refractivity contribution < 1.29 is 9.53 Å². The molecule has 1 amide bonds. The average Bonchev–Trinajstić information content (AvgIpc) is 3.29. The molecule has 0 bridgehead atoms. The number of hydrogen-bond acceptors (Lipinski definition) is 4. The van der Waals surface area contributed by atoms with Gasteiger partial charge in [-0.15, -0.1) is 0 Å². The number of primary amides is 1. The van der Waals surface area contributed by atoms with Crippen molar-refractivity contribution in [3.63, 3.8) is 0 Å². The number of ether oxygens (including phenoxy) is 1. The molecular formula is C14H24N2O2S. The molecule has 1 saturated heterocycles. The Labute approximate surface area is 119 Å². The van der Waals surface area contributed by atoms with E-state index in [1.54, 1.807) is 0 Å². The van der Waals surface area contributed by atoms with Crippen molar-refractivity contribution in [2.24, 2.45) is 11.7 Å². The molecule has 1 heterocycles. The van der Waals surface area contributed by atoms with E-state index in [2.05, 4.69) is 5.32 Å². The lowest BCUT2D eigenvalue weighted by Gasteiger charge is -2.32. The van der Waals surface area contributed by atoms with Crippen LogP contribution in [0.5, 0.6) is 0 Å². The minimum atomic E-state index is -0.454. The highest BCUT2D eigenvalue weighted by Gasteiger charge is 2.51. The van der Waals surface area contributed by atoms with Crippen molar-refractivity contribution in [3.05, 3.63) is 0 Å². The SMILES string of the molecule is NC(=O)C(CSCC1CCCO1)(NC1CC1)C1CC1. The van der Waals surface area contributed by atoms with Crippen molar-refractivity contribution >= 4 is 17.7 Å². The molecule has 0 radical (unpaired) electrons. The van der Waals surface area contributed by atoms with E-state index in [1.165, 1.54) is 19.3 Å². The van der Waals surface area contributed by atoms with Gasteiger partial charge in [0.2, 0.25) is 5.91 Å². The predicted octanol–water partition coefficient (Wildman–Crippen LogP) is 1.28. The molecular weight excluding hydrogens is 260 g/mol. The maximum absolute atomic E-state index is 12.0. The fourth-order valence-corrected chi connectivity index (χ4v) is 4.34. The first-order chi connectivity index (χ1) is 9.21. The highest BCUT2D eigenvalue weighted by Crippen LogP contribution is 2.43. The zero-order valence-electron chi connectivity index (χ0n) is 11.4. The smallest absolute Gasteiger partial charge is 0.238 e. The minimum absolute atomic E-state index is 0.151. The van der Waals surface area contributed by atoms with Gasteiger partial charge in [0.15, 0.2) is 0 Å². The van der Waals surface area contributed by atoms with E-state index in [0.29, 0.717) is 18.1 Å². The molecule has 2 saturated carbocycles. The van der Waals surface area contributed by atoms with E-state index in [4.69, 9.17) is 10.5 Å². The summed E-state index contributed by atoms with van der Waals surface area (Å²) in [6.07, 6.45) is 7.39.